The molecule has 3 rings (SSSR count). The van der Waals surface area contributed by atoms with Crippen LogP contribution in [0.2, 0.25) is 0 Å². The molecule has 0 saturated heterocycles. The highest BCUT2D eigenvalue weighted by molar-refractivity contribution is 7.92. The Balaban J connectivity index is 1.80. The average Bonchev–Trinajstić information content (AvgIpc) is 2.68. The lowest BCUT2D eigenvalue weighted by Crippen LogP contribution is -2.32. The number of nitrogens with one attached hydrogen (secondary N) is 1. The summed E-state index contributed by atoms with van der Waals surface area (Å²) in [7, 11) is 0.138. The molecule has 0 amide bonds. The topological polar surface area (TPSA) is 113 Å². The third-order valence-electron chi connectivity index (χ3n) is 4.60. The number of hydrogen-bond donors (Lipinski definition) is 3. The average molecular weight is 413 g/mol. The van der Waals surface area contributed by atoms with Gasteiger partial charge in [0.25, 0.3) is 10.0 Å². The van der Waals surface area contributed by atoms with Crippen LogP contribution in [0, 0.1) is 0 Å². The van der Waals surface area contributed by atoms with Crippen LogP contribution >= 0.6 is 0 Å². The Morgan fingerprint density at radius 1 is 1.03 bits per heavy atom. The molecule has 0 fully saturated rings. The van der Waals surface area contributed by atoms with Gasteiger partial charge in [-0.15, -0.1) is 0 Å². The number of anilines is 2. The summed E-state index contributed by atoms with van der Waals surface area (Å²) in [4.78, 5) is 13.0. The second-order valence-corrected chi connectivity index (χ2v) is 8.72. The van der Waals surface area contributed by atoms with Gasteiger partial charge in [0, 0.05) is 25.5 Å². The molecule has 0 aliphatic carbocycles. The number of aliphatic carboxylic acids is 1. The summed E-state index contributed by atoms with van der Waals surface area (Å²) in [6.07, 6.45) is 0.169. The molecule has 4 N–H and O–H groups in total. The van der Waals surface area contributed by atoms with Crippen molar-refractivity contribution < 1.29 is 18.3 Å². The van der Waals surface area contributed by atoms with Crippen LogP contribution in [0.15, 0.2) is 65.6 Å². The fourth-order valence-electron chi connectivity index (χ4n) is 2.92. The third-order valence-corrected chi connectivity index (χ3v) is 5.98. The van der Waals surface area contributed by atoms with E-state index in [2.05, 4.69) is 4.72 Å². The monoisotopic (exact) mass is 413 g/mol. The first-order chi connectivity index (χ1) is 13.7. The maximum absolute atomic E-state index is 12.8. The van der Waals surface area contributed by atoms with Gasteiger partial charge in [-0.2, -0.15) is 0 Å². The normalized spacial score (nSPS) is 12.5. The number of sulfonamides is 1. The molecule has 152 valence electrons. The summed E-state index contributed by atoms with van der Waals surface area (Å²) in [5.41, 5.74) is 7.66. The van der Waals surface area contributed by atoms with Crippen LogP contribution in [-0.2, 0) is 21.2 Å². The lowest BCUT2D eigenvalue weighted by molar-refractivity contribution is -0.138. The minimum atomic E-state index is -3.76. The first-order valence-electron chi connectivity index (χ1n) is 8.97. The van der Waals surface area contributed by atoms with Crippen molar-refractivity contribution in [1.82, 2.24) is 0 Å². The summed E-state index contributed by atoms with van der Waals surface area (Å²) in [6.45, 7) is 0. The Labute approximate surface area is 169 Å². The van der Waals surface area contributed by atoms with Gasteiger partial charge in [-0.1, -0.05) is 24.3 Å². The number of hydrogen-bond acceptors (Lipinski definition) is 5. The number of benzene rings is 3. The first kappa shape index (κ1) is 20.6. The first-order valence-corrected chi connectivity index (χ1v) is 10.5. The molecule has 0 aromatic heterocycles. The number of fused-ring (bicyclic) bond motifs is 1. The Hall–Kier alpha value is -3.10. The summed E-state index contributed by atoms with van der Waals surface area (Å²) in [6, 6.07) is 16.3. The summed E-state index contributed by atoms with van der Waals surface area (Å²) < 4.78 is 28.1. The van der Waals surface area contributed by atoms with Crippen LogP contribution in [-0.4, -0.2) is 39.6 Å². The molecular weight excluding hydrogens is 390 g/mol. The molecule has 0 spiro atoms. The van der Waals surface area contributed by atoms with Crippen molar-refractivity contribution in [2.24, 2.45) is 5.73 Å². The molecule has 0 unspecified atom stereocenters. The van der Waals surface area contributed by atoms with E-state index in [9.17, 15) is 13.2 Å². The van der Waals surface area contributed by atoms with E-state index in [1.54, 1.807) is 42.5 Å². The highest BCUT2D eigenvalue weighted by atomic mass is 32.2. The predicted molar refractivity (Wildman–Crippen MR) is 115 cm³/mol. The highest BCUT2D eigenvalue weighted by Crippen LogP contribution is 2.25. The molecule has 0 heterocycles. The van der Waals surface area contributed by atoms with Gasteiger partial charge in [0.1, 0.15) is 6.04 Å². The molecule has 3 aromatic carbocycles. The number of carboxylic acids is 1. The SMILES string of the molecule is CN(C)c1ccc2cc(S(=O)(=O)Nc3ccc(C[C@H](N)C(=O)O)cc3)ccc2c1. The fraction of sp³-hybridized carbons (Fsp3) is 0.190. The van der Waals surface area contributed by atoms with E-state index in [1.807, 2.05) is 37.2 Å². The van der Waals surface area contributed by atoms with Crippen molar-refractivity contribution in [3.63, 3.8) is 0 Å². The zero-order valence-corrected chi connectivity index (χ0v) is 17.0. The van der Waals surface area contributed by atoms with Crippen molar-refractivity contribution in [2.45, 2.75) is 17.4 Å². The minimum Gasteiger partial charge on any atom is -0.480 e. The van der Waals surface area contributed by atoms with E-state index in [4.69, 9.17) is 10.8 Å². The highest BCUT2D eigenvalue weighted by Gasteiger charge is 2.16. The molecule has 0 bridgehead atoms. The van der Waals surface area contributed by atoms with Gasteiger partial charge in [0.15, 0.2) is 0 Å². The van der Waals surface area contributed by atoms with Gasteiger partial charge in [0.2, 0.25) is 0 Å². The van der Waals surface area contributed by atoms with Crippen LogP contribution in [0.1, 0.15) is 5.56 Å². The summed E-state index contributed by atoms with van der Waals surface area (Å²) >= 11 is 0. The molecule has 29 heavy (non-hydrogen) atoms. The van der Waals surface area contributed by atoms with Gasteiger partial charge in [-0.25, -0.2) is 8.42 Å². The number of carbonyl (C=O) groups is 1. The van der Waals surface area contributed by atoms with E-state index in [-0.39, 0.29) is 11.3 Å². The van der Waals surface area contributed by atoms with Crippen molar-refractivity contribution in [2.75, 3.05) is 23.7 Å². The van der Waals surface area contributed by atoms with Crippen LogP contribution in [0.25, 0.3) is 10.8 Å². The Kier molecular flexibility index (Phi) is 5.76. The van der Waals surface area contributed by atoms with Gasteiger partial charge in [-0.05, 0) is 59.2 Å². The van der Waals surface area contributed by atoms with E-state index >= 15 is 0 Å². The number of rotatable bonds is 7. The van der Waals surface area contributed by atoms with E-state index in [1.165, 1.54) is 0 Å². The molecule has 7 nitrogen and oxygen atoms in total. The third kappa shape index (κ3) is 4.85. The van der Waals surface area contributed by atoms with Gasteiger partial charge >= 0.3 is 5.97 Å². The van der Waals surface area contributed by atoms with E-state index in [0.29, 0.717) is 11.3 Å². The molecule has 0 aliphatic heterocycles. The van der Waals surface area contributed by atoms with Crippen molar-refractivity contribution in [3.05, 3.63) is 66.2 Å². The van der Waals surface area contributed by atoms with Gasteiger partial charge in [-0.3, -0.25) is 9.52 Å². The lowest BCUT2D eigenvalue weighted by atomic mass is 10.1. The molecule has 1 atom stereocenters. The smallest absolute Gasteiger partial charge is 0.320 e. The van der Waals surface area contributed by atoms with Crippen molar-refractivity contribution >= 4 is 38.1 Å². The maximum Gasteiger partial charge on any atom is 0.320 e. The van der Waals surface area contributed by atoms with Crippen molar-refractivity contribution in [1.29, 1.82) is 0 Å². The van der Waals surface area contributed by atoms with Crippen LogP contribution in [0.4, 0.5) is 11.4 Å². The molecule has 0 saturated carbocycles. The molecular formula is C21H23N3O4S. The van der Waals surface area contributed by atoms with Crippen LogP contribution < -0.4 is 15.4 Å². The maximum atomic E-state index is 12.8. The minimum absolute atomic E-state index is 0.166. The van der Waals surface area contributed by atoms with E-state index < -0.39 is 22.0 Å². The number of nitrogens with zero attached hydrogens (tertiary/aromatic N) is 1. The zero-order valence-electron chi connectivity index (χ0n) is 16.2. The largest absolute Gasteiger partial charge is 0.480 e. The Morgan fingerprint density at radius 2 is 1.66 bits per heavy atom. The second kappa shape index (κ2) is 8.10. The molecule has 3 aromatic rings. The summed E-state index contributed by atoms with van der Waals surface area (Å²) in [5.74, 6) is -1.08. The fourth-order valence-corrected chi connectivity index (χ4v) is 4.01. The summed E-state index contributed by atoms with van der Waals surface area (Å²) in [5, 5.41) is 10.7. The van der Waals surface area contributed by atoms with Gasteiger partial charge in [0.05, 0.1) is 4.90 Å². The quantitative estimate of drug-likeness (QED) is 0.549. The van der Waals surface area contributed by atoms with Crippen molar-refractivity contribution in [3.8, 4) is 0 Å². The van der Waals surface area contributed by atoms with E-state index in [0.717, 1.165) is 16.5 Å². The lowest BCUT2D eigenvalue weighted by Gasteiger charge is -2.14. The molecule has 0 aliphatic rings. The standard InChI is InChI=1S/C21H23N3O4S/c1-24(2)18-9-5-16-13-19(10-6-15(16)12-18)29(27,28)23-17-7-3-14(4-8-17)11-20(22)21(25)26/h3-10,12-13,20,23H,11,22H2,1-2H3,(H,25,26)/t20-/m0/s1. The molecule has 8 heteroatoms. The molecule has 0 radical (unpaired) electrons. The zero-order chi connectivity index (χ0) is 21.2. The number of nitrogens with two attached hydrogens (primary N) is 1. The van der Waals surface area contributed by atoms with Gasteiger partial charge < -0.3 is 15.7 Å². The Bertz CT molecular complexity index is 1140. The van der Waals surface area contributed by atoms with Crippen LogP contribution in [0.5, 0.6) is 0 Å². The van der Waals surface area contributed by atoms with Crippen LogP contribution in [0.3, 0.4) is 0 Å². The Morgan fingerprint density at radius 3 is 2.28 bits per heavy atom. The predicted octanol–water partition coefficient (Wildman–Crippen LogP) is 2.66. The second-order valence-electron chi connectivity index (χ2n) is 7.04. The number of carboxylic acid groups (broad SMARTS) is 1.